The fraction of sp³-hybridized carbons (Fsp3) is 0.200. The van der Waals surface area contributed by atoms with Crippen molar-refractivity contribution in [1.82, 2.24) is 9.38 Å². The lowest BCUT2D eigenvalue weighted by molar-refractivity contribution is 0.861. The van der Waals surface area contributed by atoms with Crippen molar-refractivity contribution in [2.24, 2.45) is 5.73 Å². The average Bonchev–Trinajstić information content (AvgIpc) is 2.57. The Balaban J connectivity index is 2.71. The number of nitriles is 1. The van der Waals surface area contributed by atoms with Crippen LogP contribution in [-0.2, 0) is 6.42 Å². The van der Waals surface area contributed by atoms with E-state index in [1.807, 2.05) is 22.7 Å². The van der Waals surface area contributed by atoms with Crippen molar-refractivity contribution in [1.29, 1.82) is 5.26 Å². The van der Waals surface area contributed by atoms with Crippen molar-refractivity contribution < 1.29 is 0 Å². The van der Waals surface area contributed by atoms with Gasteiger partial charge in [-0.2, -0.15) is 5.26 Å². The zero-order chi connectivity index (χ0) is 10.8. The molecule has 0 spiro atoms. The standard InChI is InChI=1S/C10H9BrN4/c11-7-1-2-9-8(5-13)14-10(3-4-12)15(9)6-7/h1-2,6H,3-4,12H2. The second-order valence-electron chi connectivity index (χ2n) is 3.13. The lowest BCUT2D eigenvalue weighted by Crippen LogP contribution is -2.06. The Morgan fingerprint density at radius 3 is 3.00 bits per heavy atom. The van der Waals surface area contributed by atoms with Crippen molar-refractivity contribution in [2.75, 3.05) is 6.54 Å². The molecule has 76 valence electrons. The third-order valence-electron chi connectivity index (χ3n) is 2.15. The smallest absolute Gasteiger partial charge is 0.166 e. The van der Waals surface area contributed by atoms with E-state index in [2.05, 4.69) is 27.0 Å². The van der Waals surface area contributed by atoms with Gasteiger partial charge in [0.25, 0.3) is 0 Å². The summed E-state index contributed by atoms with van der Waals surface area (Å²) < 4.78 is 2.85. The van der Waals surface area contributed by atoms with Gasteiger partial charge in [0.2, 0.25) is 0 Å². The largest absolute Gasteiger partial charge is 0.330 e. The quantitative estimate of drug-likeness (QED) is 0.894. The van der Waals surface area contributed by atoms with Crippen LogP contribution in [0.15, 0.2) is 22.8 Å². The number of fused-ring (bicyclic) bond motifs is 1. The van der Waals surface area contributed by atoms with Crippen LogP contribution in [0, 0.1) is 11.3 Å². The normalized spacial score (nSPS) is 10.5. The van der Waals surface area contributed by atoms with Crippen molar-refractivity contribution in [3.63, 3.8) is 0 Å². The Bertz CT molecular complexity index is 538. The molecule has 15 heavy (non-hydrogen) atoms. The summed E-state index contributed by atoms with van der Waals surface area (Å²) in [7, 11) is 0. The van der Waals surface area contributed by atoms with E-state index in [1.54, 1.807) is 0 Å². The molecule has 0 aliphatic rings. The first-order valence-electron chi connectivity index (χ1n) is 4.53. The lowest BCUT2D eigenvalue weighted by Gasteiger charge is -1.99. The summed E-state index contributed by atoms with van der Waals surface area (Å²) in [5.74, 6) is 0.824. The maximum atomic E-state index is 8.92. The minimum Gasteiger partial charge on any atom is -0.330 e. The fourth-order valence-electron chi connectivity index (χ4n) is 1.51. The fourth-order valence-corrected chi connectivity index (χ4v) is 1.85. The van der Waals surface area contributed by atoms with Gasteiger partial charge in [0.05, 0.1) is 5.52 Å². The summed E-state index contributed by atoms with van der Waals surface area (Å²) in [6, 6.07) is 5.84. The Morgan fingerprint density at radius 2 is 2.33 bits per heavy atom. The minimum absolute atomic E-state index is 0.450. The zero-order valence-corrected chi connectivity index (χ0v) is 9.53. The number of aromatic nitrogens is 2. The molecule has 0 saturated heterocycles. The third-order valence-corrected chi connectivity index (χ3v) is 2.62. The van der Waals surface area contributed by atoms with Crippen LogP contribution in [0.4, 0.5) is 0 Å². The van der Waals surface area contributed by atoms with Crippen LogP contribution >= 0.6 is 15.9 Å². The predicted octanol–water partition coefficient (Wildman–Crippen LogP) is 1.47. The van der Waals surface area contributed by atoms with Crippen LogP contribution in [0.5, 0.6) is 0 Å². The van der Waals surface area contributed by atoms with E-state index in [0.29, 0.717) is 18.7 Å². The van der Waals surface area contributed by atoms with Gasteiger partial charge in [-0.3, -0.25) is 0 Å². The number of hydrogen-bond acceptors (Lipinski definition) is 3. The molecule has 2 N–H and O–H groups in total. The monoisotopic (exact) mass is 264 g/mol. The third kappa shape index (κ3) is 1.74. The number of rotatable bonds is 2. The topological polar surface area (TPSA) is 67.1 Å². The van der Waals surface area contributed by atoms with Crippen molar-refractivity contribution in [3.05, 3.63) is 34.3 Å². The SMILES string of the molecule is N#Cc1nc(CCN)n2cc(Br)ccc12. The van der Waals surface area contributed by atoms with E-state index in [9.17, 15) is 0 Å². The Labute approximate surface area is 95.5 Å². The number of nitrogens with zero attached hydrogens (tertiary/aromatic N) is 3. The number of nitrogens with two attached hydrogens (primary N) is 1. The van der Waals surface area contributed by atoms with E-state index in [1.165, 1.54) is 0 Å². The summed E-state index contributed by atoms with van der Waals surface area (Å²) >= 11 is 3.39. The maximum absolute atomic E-state index is 8.92. The number of pyridine rings is 1. The first-order valence-corrected chi connectivity index (χ1v) is 5.32. The van der Waals surface area contributed by atoms with Crippen LogP contribution in [0.2, 0.25) is 0 Å². The summed E-state index contributed by atoms with van der Waals surface area (Å²) in [4.78, 5) is 4.24. The second-order valence-corrected chi connectivity index (χ2v) is 4.05. The van der Waals surface area contributed by atoms with Gasteiger partial charge in [-0.25, -0.2) is 4.98 Å². The molecular formula is C10H9BrN4. The molecule has 0 aromatic carbocycles. The van der Waals surface area contributed by atoms with Crippen molar-refractivity contribution >= 4 is 21.4 Å². The second kappa shape index (κ2) is 4.01. The molecular weight excluding hydrogens is 256 g/mol. The molecule has 0 radical (unpaired) electrons. The first kappa shape index (κ1) is 10.1. The van der Waals surface area contributed by atoms with Gasteiger partial charge in [0, 0.05) is 17.1 Å². The molecule has 2 rings (SSSR count). The molecule has 2 heterocycles. The van der Waals surface area contributed by atoms with Crippen molar-refractivity contribution in [3.8, 4) is 6.07 Å². The van der Waals surface area contributed by atoms with Gasteiger partial charge < -0.3 is 10.1 Å². The van der Waals surface area contributed by atoms with Gasteiger partial charge in [0.15, 0.2) is 5.69 Å². The molecule has 0 saturated carbocycles. The van der Waals surface area contributed by atoms with Gasteiger partial charge in [-0.15, -0.1) is 0 Å². The molecule has 0 bridgehead atoms. The molecule has 0 atom stereocenters. The predicted molar refractivity (Wildman–Crippen MR) is 60.4 cm³/mol. The van der Waals surface area contributed by atoms with Gasteiger partial charge in [0.1, 0.15) is 11.9 Å². The molecule has 0 amide bonds. The molecule has 2 aromatic rings. The van der Waals surface area contributed by atoms with Crippen LogP contribution in [0.3, 0.4) is 0 Å². The number of imidazole rings is 1. The maximum Gasteiger partial charge on any atom is 0.166 e. The van der Waals surface area contributed by atoms with Crippen LogP contribution < -0.4 is 5.73 Å². The average molecular weight is 265 g/mol. The Kier molecular flexibility index (Phi) is 2.71. The summed E-state index contributed by atoms with van der Waals surface area (Å²) in [6.07, 6.45) is 2.56. The Morgan fingerprint density at radius 1 is 1.53 bits per heavy atom. The van der Waals surface area contributed by atoms with E-state index < -0.39 is 0 Å². The summed E-state index contributed by atoms with van der Waals surface area (Å²) in [5.41, 5.74) is 6.77. The molecule has 0 fully saturated rings. The zero-order valence-electron chi connectivity index (χ0n) is 7.94. The molecule has 5 heteroatoms. The lowest BCUT2D eigenvalue weighted by atomic mass is 10.3. The van der Waals surface area contributed by atoms with Crippen LogP contribution in [0.25, 0.3) is 5.52 Å². The molecule has 0 aliphatic carbocycles. The first-order chi connectivity index (χ1) is 7.26. The number of halogens is 1. The minimum atomic E-state index is 0.450. The van der Waals surface area contributed by atoms with E-state index >= 15 is 0 Å². The van der Waals surface area contributed by atoms with Gasteiger partial charge >= 0.3 is 0 Å². The van der Waals surface area contributed by atoms with Crippen LogP contribution in [-0.4, -0.2) is 15.9 Å². The summed E-state index contributed by atoms with van der Waals surface area (Å²) in [5, 5.41) is 8.92. The highest BCUT2D eigenvalue weighted by molar-refractivity contribution is 9.10. The highest BCUT2D eigenvalue weighted by Gasteiger charge is 2.09. The highest BCUT2D eigenvalue weighted by atomic mass is 79.9. The molecule has 2 aromatic heterocycles. The van der Waals surface area contributed by atoms with E-state index in [0.717, 1.165) is 15.8 Å². The van der Waals surface area contributed by atoms with Crippen LogP contribution in [0.1, 0.15) is 11.5 Å². The van der Waals surface area contributed by atoms with E-state index in [4.69, 9.17) is 11.0 Å². The summed E-state index contributed by atoms with van der Waals surface area (Å²) in [6.45, 7) is 0.524. The molecule has 0 unspecified atom stereocenters. The molecule has 0 aliphatic heterocycles. The Hall–Kier alpha value is -1.38. The van der Waals surface area contributed by atoms with Gasteiger partial charge in [-0.05, 0) is 34.6 Å². The highest BCUT2D eigenvalue weighted by Crippen LogP contribution is 2.17. The molecule has 4 nitrogen and oxygen atoms in total. The number of hydrogen-bond donors (Lipinski definition) is 1. The van der Waals surface area contributed by atoms with Crippen molar-refractivity contribution in [2.45, 2.75) is 6.42 Å². The van der Waals surface area contributed by atoms with E-state index in [-0.39, 0.29) is 0 Å². The van der Waals surface area contributed by atoms with Gasteiger partial charge in [-0.1, -0.05) is 0 Å².